The van der Waals surface area contributed by atoms with Crippen LogP contribution in [0.25, 0.3) is 0 Å². The molecule has 0 saturated heterocycles. The predicted molar refractivity (Wildman–Crippen MR) is 55.3 cm³/mol. The second kappa shape index (κ2) is 2.87. The Labute approximate surface area is 81.4 Å². The van der Waals surface area contributed by atoms with Crippen molar-refractivity contribution >= 4 is 0 Å². The van der Waals surface area contributed by atoms with Crippen LogP contribution in [0.4, 0.5) is 0 Å². The summed E-state index contributed by atoms with van der Waals surface area (Å²) in [7, 11) is 0. The molecule has 0 heterocycles. The second-order valence-electron chi connectivity index (χ2n) is 5.36. The minimum Gasteiger partial charge on any atom is -0.0848 e. The Balaban J connectivity index is 1.78. The van der Waals surface area contributed by atoms with Gasteiger partial charge in [0.05, 0.1) is 0 Å². The van der Waals surface area contributed by atoms with Crippen LogP contribution in [-0.4, -0.2) is 0 Å². The molecular weight excluding hydrogens is 156 g/mol. The van der Waals surface area contributed by atoms with Crippen LogP contribution in [0.5, 0.6) is 0 Å². The van der Waals surface area contributed by atoms with E-state index in [0.29, 0.717) is 0 Å². The summed E-state index contributed by atoms with van der Waals surface area (Å²) in [5.74, 6) is 5.23. The molecule has 0 heteroatoms. The molecule has 0 aromatic heterocycles. The Morgan fingerprint density at radius 2 is 1.77 bits per heavy atom. The van der Waals surface area contributed by atoms with Gasteiger partial charge >= 0.3 is 0 Å². The number of fused-ring (bicyclic) bond motifs is 5. The van der Waals surface area contributed by atoms with Crippen molar-refractivity contribution in [2.45, 2.75) is 39.0 Å². The van der Waals surface area contributed by atoms with Crippen molar-refractivity contribution in [3.8, 4) is 0 Å². The van der Waals surface area contributed by atoms with Gasteiger partial charge in [0, 0.05) is 0 Å². The van der Waals surface area contributed by atoms with E-state index in [-0.39, 0.29) is 0 Å². The molecule has 0 aromatic carbocycles. The molecular formula is C13H20. The number of hydrogen-bond acceptors (Lipinski definition) is 0. The summed E-state index contributed by atoms with van der Waals surface area (Å²) in [5, 5.41) is 0. The maximum absolute atomic E-state index is 2.52. The lowest BCUT2D eigenvalue weighted by atomic mass is 9.69. The molecule has 0 spiro atoms. The molecule has 5 atom stereocenters. The third kappa shape index (κ3) is 1.11. The van der Waals surface area contributed by atoms with E-state index in [4.69, 9.17) is 0 Å². The molecule has 72 valence electrons. The van der Waals surface area contributed by atoms with Gasteiger partial charge in [-0.15, -0.1) is 0 Å². The summed E-state index contributed by atoms with van der Waals surface area (Å²) >= 11 is 0. The largest absolute Gasteiger partial charge is 0.0848 e. The quantitative estimate of drug-likeness (QED) is 0.535. The summed E-state index contributed by atoms with van der Waals surface area (Å²) < 4.78 is 0. The summed E-state index contributed by atoms with van der Waals surface area (Å²) in [6.45, 7) is 2.37. The fraction of sp³-hybridized carbons (Fsp3) is 0.846. The highest BCUT2D eigenvalue weighted by molar-refractivity contribution is 5.14. The Morgan fingerprint density at radius 3 is 2.54 bits per heavy atom. The molecule has 2 fully saturated rings. The van der Waals surface area contributed by atoms with Crippen LogP contribution < -0.4 is 0 Å². The van der Waals surface area contributed by atoms with Crippen LogP contribution in [0.1, 0.15) is 39.0 Å². The minimum atomic E-state index is 0.990. The van der Waals surface area contributed by atoms with Gasteiger partial charge in [-0.2, -0.15) is 0 Å². The Kier molecular flexibility index (Phi) is 1.78. The van der Waals surface area contributed by atoms with Gasteiger partial charge < -0.3 is 0 Å². The van der Waals surface area contributed by atoms with E-state index in [2.05, 4.69) is 19.1 Å². The van der Waals surface area contributed by atoms with Crippen LogP contribution in [0.15, 0.2) is 12.2 Å². The van der Waals surface area contributed by atoms with E-state index in [1.807, 2.05) is 0 Å². The molecule has 13 heavy (non-hydrogen) atoms. The monoisotopic (exact) mass is 176 g/mol. The highest BCUT2D eigenvalue weighted by atomic mass is 14.5. The lowest BCUT2D eigenvalue weighted by molar-refractivity contribution is 0.164. The smallest absolute Gasteiger partial charge is 0.0196 e. The fourth-order valence-corrected chi connectivity index (χ4v) is 4.11. The first-order valence-electron chi connectivity index (χ1n) is 6.06. The van der Waals surface area contributed by atoms with E-state index in [1.165, 1.54) is 25.7 Å². The predicted octanol–water partition coefficient (Wildman–Crippen LogP) is 3.63. The normalized spacial score (nSPS) is 52.5. The van der Waals surface area contributed by atoms with Gasteiger partial charge in [0.15, 0.2) is 0 Å². The standard InChI is InChI=1S/C13H20/c1-2-9-3-6-12-10-4-5-11(8-10)13(12)7-9/h4-5,9-13H,2-3,6-8H2,1H3. The fourth-order valence-electron chi connectivity index (χ4n) is 4.11. The maximum atomic E-state index is 2.52. The Morgan fingerprint density at radius 1 is 1.00 bits per heavy atom. The molecule has 3 aliphatic rings. The molecule has 0 amide bonds. The van der Waals surface area contributed by atoms with Gasteiger partial charge in [0.2, 0.25) is 0 Å². The topological polar surface area (TPSA) is 0 Å². The van der Waals surface area contributed by atoms with Gasteiger partial charge in [-0.25, -0.2) is 0 Å². The highest BCUT2D eigenvalue weighted by Crippen LogP contribution is 2.55. The summed E-state index contributed by atoms with van der Waals surface area (Å²) in [6, 6.07) is 0. The van der Waals surface area contributed by atoms with Crippen molar-refractivity contribution in [3.63, 3.8) is 0 Å². The Bertz CT molecular complexity index is 228. The van der Waals surface area contributed by atoms with Crippen LogP contribution in [0, 0.1) is 29.6 Å². The van der Waals surface area contributed by atoms with Crippen molar-refractivity contribution < 1.29 is 0 Å². The molecule has 2 bridgehead atoms. The van der Waals surface area contributed by atoms with Crippen LogP contribution >= 0.6 is 0 Å². The van der Waals surface area contributed by atoms with Gasteiger partial charge in [-0.1, -0.05) is 31.9 Å². The van der Waals surface area contributed by atoms with Crippen LogP contribution in [0.3, 0.4) is 0 Å². The van der Waals surface area contributed by atoms with E-state index in [1.54, 1.807) is 6.42 Å². The minimum absolute atomic E-state index is 0.990. The van der Waals surface area contributed by atoms with E-state index in [9.17, 15) is 0 Å². The highest BCUT2D eigenvalue weighted by Gasteiger charge is 2.46. The molecule has 3 aliphatic carbocycles. The first kappa shape index (κ1) is 8.08. The number of rotatable bonds is 1. The number of allylic oxidation sites excluding steroid dienone is 2. The zero-order valence-electron chi connectivity index (χ0n) is 8.58. The number of hydrogen-bond donors (Lipinski definition) is 0. The molecule has 0 aromatic rings. The van der Waals surface area contributed by atoms with Gasteiger partial charge in [-0.05, 0) is 48.9 Å². The van der Waals surface area contributed by atoms with Crippen LogP contribution in [-0.2, 0) is 0 Å². The van der Waals surface area contributed by atoms with E-state index in [0.717, 1.165) is 29.6 Å². The van der Waals surface area contributed by atoms with E-state index < -0.39 is 0 Å². The zero-order valence-corrected chi connectivity index (χ0v) is 8.58. The Hall–Kier alpha value is -0.260. The molecule has 0 nitrogen and oxygen atoms in total. The average molecular weight is 176 g/mol. The van der Waals surface area contributed by atoms with Gasteiger partial charge in [0.1, 0.15) is 0 Å². The average Bonchev–Trinajstić information content (AvgIpc) is 2.77. The lowest BCUT2D eigenvalue weighted by Crippen LogP contribution is -2.27. The second-order valence-corrected chi connectivity index (χ2v) is 5.36. The van der Waals surface area contributed by atoms with Crippen molar-refractivity contribution in [2.24, 2.45) is 29.6 Å². The molecule has 0 radical (unpaired) electrons. The maximum Gasteiger partial charge on any atom is -0.0196 e. The summed E-state index contributed by atoms with van der Waals surface area (Å²) in [4.78, 5) is 0. The lowest BCUT2D eigenvalue weighted by Gasteiger charge is -2.36. The first-order valence-corrected chi connectivity index (χ1v) is 6.06. The molecule has 3 rings (SSSR count). The first-order chi connectivity index (χ1) is 6.38. The van der Waals surface area contributed by atoms with Gasteiger partial charge in [0.25, 0.3) is 0 Å². The summed E-state index contributed by atoms with van der Waals surface area (Å²) in [5.41, 5.74) is 0. The SMILES string of the molecule is CCC1CCC2C3C=CC(C3)C2C1. The van der Waals surface area contributed by atoms with Crippen molar-refractivity contribution in [3.05, 3.63) is 12.2 Å². The molecule has 2 saturated carbocycles. The third-order valence-corrected chi connectivity index (χ3v) is 4.89. The van der Waals surface area contributed by atoms with Crippen molar-refractivity contribution in [2.75, 3.05) is 0 Å². The molecule has 0 aliphatic heterocycles. The van der Waals surface area contributed by atoms with Gasteiger partial charge in [-0.3, -0.25) is 0 Å². The summed E-state index contributed by atoms with van der Waals surface area (Å²) in [6.07, 6.45) is 12.6. The third-order valence-electron chi connectivity index (χ3n) is 4.89. The molecule has 5 unspecified atom stereocenters. The van der Waals surface area contributed by atoms with Crippen molar-refractivity contribution in [1.29, 1.82) is 0 Å². The van der Waals surface area contributed by atoms with E-state index >= 15 is 0 Å². The molecule has 0 N–H and O–H groups in total. The van der Waals surface area contributed by atoms with Crippen molar-refractivity contribution in [1.82, 2.24) is 0 Å². The zero-order chi connectivity index (χ0) is 8.84. The van der Waals surface area contributed by atoms with Crippen LogP contribution in [0.2, 0.25) is 0 Å².